The van der Waals surface area contributed by atoms with Crippen LogP contribution in [0, 0.1) is 46.3 Å². The first-order valence-corrected chi connectivity index (χ1v) is 15.5. The second kappa shape index (κ2) is 10.6. The van der Waals surface area contributed by atoms with Crippen molar-refractivity contribution < 1.29 is 9.53 Å². The van der Waals surface area contributed by atoms with Crippen molar-refractivity contribution in [2.45, 2.75) is 130 Å². The number of ether oxygens (including phenoxy) is 1. The summed E-state index contributed by atoms with van der Waals surface area (Å²) >= 11 is 3.49. The maximum absolute atomic E-state index is 12.3. The first-order chi connectivity index (χ1) is 16.0. The molecule has 2 nitrogen and oxygen atoms in total. The fourth-order valence-electron chi connectivity index (χ4n) is 9.22. The Labute approximate surface area is 218 Å². The van der Waals surface area contributed by atoms with Gasteiger partial charge in [0.15, 0.2) is 0 Å². The number of fused-ring (bicyclic) bond motifs is 5. The van der Waals surface area contributed by atoms with E-state index in [0.717, 1.165) is 48.3 Å². The zero-order chi connectivity index (χ0) is 24.7. The zero-order valence-electron chi connectivity index (χ0n) is 22.9. The van der Waals surface area contributed by atoms with Crippen molar-refractivity contribution >= 4 is 21.9 Å². The number of rotatable bonds is 8. The number of halogens is 1. The van der Waals surface area contributed by atoms with E-state index in [1.54, 1.807) is 5.57 Å². The number of esters is 1. The molecule has 0 unspecified atom stereocenters. The Morgan fingerprint density at radius 2 is 1.82 bits per heavy atom. The highest BCUT2D eigenvalue weighted by Gasteiger charge is 2.59. The maximum Gasteiger partial charge on any atom is 0.307 e. The summed E-state index contributed by atoms with van der Waals surface area (Å²) in [5, 5.41) is 0. The molecule has 0 aromatic rings. The second-order valence-corrected chi connectivity index (χ2v) is 15.2. The van der Waals surface area contributed by atoms with E-state index in [1.807, 2.05) is 6.92 Å². The zero-order valence-corrected chi connectivity index (χ0v) is 24.5. The fraction of sp³-hybridized carbons (Fsp3) is 0.903. The van der Waals surface area contributed by atoms with Crippen LogP contribution in [-0.2, 0) is 9.53 Å². The van der Waals surface area contributed by atoms with Crippen LogP contribution in [-0.4, -0.2) is 16.9 Å². The molecule has 0 heterocycles. The standard InChI is InChI=1S/C31H51BrO2/c1-20(2)8-7-9-21(3)26-12-13-27-25-11-10-23-19-24(34-29(33)18-22(4)32)14-16-30(23,5)28(25)15-17-31(26,27)6/h10,20-22,24-28H,7-9,11-19H2,1-6H3/t21-,22-,24-,25+,26-,27+,28+,30+,31-/m1/s1. The Morgan fingerprint density at radius 1 is 1.06 bits per heavy atom. The summed E-state index contributed by atoms with van der Waals surface area (Å²) in [6, 6.07) is 0. The van der Waals surface area contributed by atoms with Gasteiger partial charge in [-0.05, 0) is 91.3 Å². The largest absolute Gasteiger partial charge is 0.462 e. The SMILES string of the molecule is CC(C)CCC[C@@H](C)[C@H]1CC[C@H]2[C@@H]3CC=C4C[C@H](OC(=O)C[C@@H](C)Br)CC[C@]4(C)[C@H]3CC[C@]12C. The van der Waals surface area contributed by atoms with Gasteiger partial charge in [-0.15, -0.1) is 0 Å². The highest BCUT2D eigenvalue weighted by atomic mass is 79.9. The summed E-state index contributed by atoms with van der Waals surface area (Å²) in [5.74, 6) is 5.21. The van der Waals surface area contributed by atoms with Crippen LogP contribution < -0.4 is 0 Å². The molecule has 0 bridgehead atoms. The minimum atomic E-state index is -0.0415. The Hall–Kier alpha value is -0.310. The van der Waals surface area contributed by atoms with Crippen molar-refractivity contribution in [1.82, 2.24) is 0 Å². The summed E-state index contributed by atoms with van der Waals surface area (Å²) in [5.41, 5.74) is 2.50. The van der Waals surface area contributed by atoms with Crippen molar-refractivity contribution in [2.75, 3.05) is 0 Å². The highest BCUT2D eigenvalue weighted by Crippen LogP contribution is 2.67. The van der Waals surface area contributed by atoms with Crippen molar-refractivity contribution in [2.24, 2.45) is 46.3 Å². The van der Waals surface area contributed by atoms with Gasteiger partial charge in [0.05, 0.1) is 6.42 Å². The molecule has 194 valence electrons. The molecule has 0 aromatic heterocycles. The van der Waals surface area contributed by atoms with Crippen LogP contribution >= 0.6 is 15.9 Å². The van der Waals surface area contributed by atoms with Crippen molar-refractivity contribution in [3.8, 4) is 0 Å². The van der Waals surface area contributed by atoms with Gasteiger partial charge in [0.2, 0.25) is 0 Å². The van der Waals surface area contributed by atoms with Gasteiger partial charge < -0.3 is 4.74 Å². The molecule has 3 heteroatoms. The van der Waals surface area contributed by atoms with Gasteiger partial charge >= 0.3 is 5.97 Å². The number of carbonyl (C=O) groups excluding carboxylic acids is 1. The predicted molar refractivity (Wildman–Crippen MR) is 146 cm³/mol. The summed E-state index contributed by atoms with van der Waals surface area (Å²) in [6.45, 7) is 14.6. The number of hydrogen-bond acceptors (Lipinski definition) is 2. The molecule has 9 atom stereocenters. The van der Waals surface area contributed by atoms with Crippen LogP contribution in [0.1, 0.15) is 119 Å². The van der Waals surface area contributed by atoms with Crippen LogP contribution in [0.5, 0.6) is 0 Å². The van der Waals surface area contributed by atoms with Gasteiger partial charge in [-0.3, -0.25) is 4.79 Å². The lowest BCUT2D eigenvalue weighted by Crippen LogP contribution is -2.51. The quantitative estimate of drug-likeness (QED) is 0.176. The third-order valence-electron chi connectivity index (χ3n) is 11.0. The molecule has 4 aliphatic rings. The highest BCUT2D eigenvalue weighted by molar-refractivity contribution is 9.09. The van der Waals surface area contributed by atoms with Crippen molar-refractivity contribution in [1.29, 1.82) is 0 Å². The van der Waals surface area contributed by atoms with Gasteiger partial charge in [-0.2, -0.15) is 0 Å². The van der Waals surface area contributed by atoms with E-state index in [9.17, 15) is 4.79 Å². The van der Waals surface area contributed by atoms with Gasteiger partial charge in [-0.25, -0.2) is 0 Å². The van der Waals surface area contributed by atoms with Crippen LogP contribution in [0.4, 0.5) is 0 Å². The molecule has 3 fully saturated rings. The van der Waals surface area contributed by atoms with E-state index in [4.69, 9.17) is 4.74 Å². The normalized spacial score (nSPS) is 41.2. The molecular weight excluding hydrogens is 484 g/mol. The van der Waals surface area contributed by atoms with E-state index < -0.39 is 0 Å². The molecule has 0 saturated heterocycles. The van der Waals surface area contributed by atoms with Gasteiger partial charge in [-0.1, -0.05) is 88.4 Å². The molecule has 0 N–H and O–H groups in total. The molecule has 4 aliphatic carbocycles. The molecule has 34 heavy (non-hydrogen) atoms. The lowest BCUT2D eigenvalue weighted by molar-refractivity contribution is -0.151. The van der Waals surface area contributed by atoms with E-state index >= 15 is 0 Å². The molecule has 0 amide bonds. The first kappa shape index (κ1) is 26.7. The van der Waals surface area contributed by atoms with Crippen molar-refractivity contribution in [3.63, 3.8) is 0 Å². The summed E-state index contributed by atoms with van der Waals surface area (Å²) in [7, 11) is 0. The van der Waals surface area contributed by atoms with Crippen LogP contribution in [0.15, 0.2) is 11.6 Å². The number of carbonyl (C=O) groups is 1. The van der Waals surface area contributed by atoms with E-state index in [1.165, 1.54) is 57.8 Å². The number of allylic oxidation sites excluding steroid dienone is 1. The smallest absolute Gasteiger partial charge is 0.307 e. The lowest BCUT2D eigenvalue weighted by atomic mass is 9.47. The summed E-state index contributed by atoms with van der Waals surface area (Å²) in [6.07, 6.45) is 17.6. The Morgan fingerprint density at radius 3 is 2.53 bits per heavy atom. The molecule has 0 aromatic carbocycles. The lowest BCUT2D eigenvalue weighted by Gasteiger charge is -2.58. The fourth-order valence-corrected chi connectivity index (χ4v) is 9.48. The summed E-state index contributed by atoms with van der Waals surface area (Å²) < 4.78 is 5.90. The Kier molecular flexibility index (Phi) is 8.33. The monoisotopic (exact) mass is 534 g/mol. The van der Waals surface area contributed by atoms with Gasteiger partial charge in [0, 0.05) is 11.2 Å². The van der Waals surface area contributed by atoms with Gasteiger partial charge in [0.25, 0.3) is 0 Å². The third-order valence-corrected chi connectivity index (χ3v) is 11.3. The van der Waals surface area contributed by atoms with Crippen LogP contribution in [0.2, 0.25) is 0 Å². The summed E-state index contributed by atoms with van der Waals surface area (Å²) in [4.78, 5) is 12.5. The minimum Gasteiger partial charge on any atom is -0.462 e. The average molecular weight is 536 g/mol. The first-order valence-electron chi connectivity index (χ1n) is 14.6. The maximum atomic E-state index is 12.3. The third kappa shape index (κ3) is 5.21. The predicted octanol–water partition coefficient (Wildman–Crippen LogP) is 9.11. The van der Waals surface area contributed by atoms with E-state index in [2.05, 4.69) is 56.6 Å². The van der Waals surface area contributed by atoms with Crippen LogP contribution in [0.3, 0.4) is 0 Å². The molecule has 0 aliphatic heterocycles. The molecule has 3 saturated carbocycles. The number of alkyl halides is 1. The molecule has 0 radical (unpaired) electrons. The Bertz CT molecular complexity index is 757. The Balaban J connectivity index is 1.42. The van der Waals surface area contributed by atoms with Gasteiger partial charge in [0.1, 0.15) is 6.10 Å². The average Bonchev–Trinajstić information content (AvgIpc) is 3.10. The van der Waals surface area contributed by atoms with E-state index in [-0.39, 0.29) is 16.9 Å². The molecule has 0 spiro atoms. The van der Waals surface area contributed by atoms with Crippen LogP contribution in [0.25, 0.3) is 0 Å². The second-order valence-electron chi connectivity index (χ2n) is 13.6. The van der Waals surface area contributed by atoms with E-state index in [0.29, 0.717) is 17.3 Å². The number of hydrogen-bond donors (Lipinski definition) is 0. The minimum absolute atomic E-state index is 0.0415. The molecule has 4 rings (SSSR count). The topological polar surface area (TPSA) is 26.3 Å². The van der Waals surface area contributed by atoms with Crippen molar-refractivity contribution in [3.05, 3.63) is 11.6 Å². The molecular formula is C31H51BrO2.